The first-order valence-electron chi connectivity index (χ1n) is 8.68. The Bertz CT molecular complexity index is 241. The molecule has 1 fully saturated rings. The SMILES string of the molecule is CCCNCC(C)(CCC)CN(CC)CC1CCCO1. The summed E-state index contributed by atoms with van der Waals surface area (Å²) in [5.74, 6) is 0. The van der Waals surface area contributed by atoms with Gasteiger partial charge in [-0.3, -0.25) is 0 Å². The first-order valence-corrected chi connectivity index (χ1v) is 8.68. The number of nitrogens with zero attached hydrogens (tertiary/aromatic N) is 1. The fourth-order valence-electron chi connectivity index (χ4n) is 3.32. The van der Waals surface area contributed by atoms with Gasteiger partial charge in [-0.05, 0) is 44.2 Å². The molecule has 1 rings (SSSR count). The van der Waals surface area contributed by atoms with Crippen LogP contribution in [0.3, 0.4) is 0 Å². The summed E-state index contributed by atoms with van der Waals surface area (Å²) in [5.41, 5.74) is 0.387. The molecule has 0 aromatic heterocycles. The average molecular weight is 284 g/mol. The molecule has 2 atom stereocenters. The third kappa shape index (κ3) is 6.55. The highest BCUT2D eigenvalue weighted by molar-refractivity contribution is 4.82. The van der Waals surface area contributed by atoms with E-state index in [1.54, 1.807) is 0 Å². The van der Waals surface area contributed by atoms with Gasteiger partial charge < -0.3 is 15.0 Å². The minimum Gasteiger partial charge on any atom is -0.377 e. The summed E-state index contributed by atoms with van der Waals surface area (Å²) >= 11 is 0. The minimum absolute atomic E-state index is 0.387. The van der Waals surface area contributed by atoms with Gasteiger partial charge in [0.05, 0.1) is 6.10 Å². The van der Waals surface area contributed by atoms with Gasteiger partial charge in [-0.15, -0.1) is 0 Å². The molecule has 0 aromatic carbocycles. The second-order valence-electron chi connectivity index (χ2n) is 6.70. The molecule has 120 valence electrons. The van der Waals surface area contributed by atoms with E-state index < -0.39 is 0 Å². The van der Waals surface area contributed by atoms with Crippen LogP contribution in [-0.2, 0) is 4.74 Å². The van der Waals surface area contributed by atoms with Crippen molar-refractivity contribution >= 4 is 0 Å². The predicted octanol–water partition coefficient (Wildman–Crippen LogP) is 3.29. The molecule has 0 aromatic rings. The monoisotopic (exact) mass is 284 g/mol. The Morgan fingerprint density at radius 1 is 1.25 bits per heavy atom. The molecule has 0 radical (unpaired) electrons. The largest absolute Gasteiger partial charge is 0.377 e. The summed E-state index contributed by atoms with van der Waals surface area (Å²) in [6, 6.07) is 0. The maximum absolute atomic E-state index is 5.80. The van der Waals surface area contributed by atoms with Gasteiger partial charge in [0, 0.05) is 26.2 Å². The van der Waals surface area contributed by atoms with Gasteiger partial charge in [0.25, 0.3) is 0 Å². The molecular weight excluding hydrogens is 248 g/mol. The molecule has 0 spiro atoms. The zero-order valence-electron chi connectivity index (χ0n) is 14.2. The van der Waals surface area contributed by atoms with Gasteiger partial charge in [-0.2, -0.15) is 0 Å². The van der Waals surface area contributed by atoms with Crippen molar-refractivity contribution in [2.24, 2.45) is 5.41 Å². The van der Waals surface area contributed by atoms with E-state index in [1.165, 1.54) is 38.6 Å². The zero-order valence-corrected chi connectivity index (χ0v) is 14.2. The number of likely N-dealkylation sites (N-methyl/N-ethyl adjacent to an activating group) is 1. The highest BCUT2D eigenvalue weighted by atomic mass is 16.5. The lowest BCUT2D eigenvalue weighted by Crippen LogP contribution is -2.44. The Kier molecular flexibility index (Phi) is 8.74. The summed E-state index contributed by atoms with van der Waals surface area (Å²) in [5, 5.41) is 3.63. The molecule has 1 aliphatic heterocycles. The normalized spacial score (nSPS) is 22.4. The Balaban J connectivity index is 2.46. The van der Waals surface area contributed by atoms with Crippen molar-refractivity contribution < 1.29 is 4.74 Å². The molecule has 3 nitrogen and oxygen atoms in total. The van der Waals surface area contributed by atoms with Gasteiger partial charge in [0.1, 0.15) is 0 Å². The van der Waals surface area contributed by atoms with Crippen molar-refractivity contribution in [2.45, 2.75) is 65.9 Å². The van der Waals surface area contributed by atoms with Crippen LogP contribution in [0.4, 0.5) is 0 Å². The Labute approximate surface area is 126 Å². The third-order valence-electron chi connectivity index (χ3n) is 4.37. The average Bonchev–Trinajstić information content (AvgIpc) is 2.91. The molecule has 3 heteroatoms. The van der Waals surface area contributed by atoms with Crippen LogP contribution in [0.15, 0.2) is 0 Å². The number of hydrogen-bond donors (Lipinski definition) is 1. The van der Waals surface area contributed by atoms with Crippen LogP contribution in [-0.4, -0.2) is 50.3 Å². The second-order valence-corrected chi connectivity index (χ2v) is 6.70. The molecule has 0 aliphatic carbocycles. The first-order chi connectivity index (χ1) is 9.63. The molecule has 0 saturated carbocycles. The van der Waals surface area contributed by atoms with Crippen LogP contribution in [0.5, 0.6) is 0 Å². The van der Waals surface area contributed by atoms with Crippen molar-refractivity contribution in [3.8, 4) is 0 Å². The second kappa shape index (κ2) is 9.75. The molecule has 1 saturated heterocycles. The standard InChI is InChI=1S/C17H36N2O/c1-5-10-17(4,14-18-11-6-2)15-19(7-3)13-16-9-8-12-20-16/h16,18H,5-15H2,1-4H3. The van der Waals surface area contributed by atoms with Gasteiger partial charge in [0.2, 0.25) is 0 Å². The first kappa shape index (κ1) is 17.9. The van der Waals surface area contributed by atoms with E-state index >= 15 is 0 Å². The molecule has 1 N–H and O–H groups in total. The summed E-state index contributed by atoms with van der Waals surface area (Å²) in [6.45, 7) is 15.9. The lowest BCUT2D eigenvalue weighted by molar-refractivity contribution is 0.0566. The molecule has 2 unspecified atom stereocenters. The van der Waals surface area contributed by atoms with Crippen molar-refractivity contribution in [3.63, 3.8) is 0 Å². The molecule has 20 heavy (non-hydrogen) atoms. The van der Waals surface area contributed by atoms with Crippen LogP contribution < -0.4 is 5.32 Å². The fraction of sp³-hybridized carbons (Fsp3) is 1.00. The molecule has 1 heterocycles. The minimum atomic E-state index is 0.387. The molecular formula is C17H36N2O. The summed E-state index contributed by atoms with van der Waals surface area (Å²) in [7, 11) is 0. The highest BCUT2D eigenvalue weighted by Crippen LogP contribution is 2.25. The van der Waals surface area contributed by atoms with Gasteiger partial charge in [-0.25, -0.2) is 0 Å². The third-order valence-corrected chi connectivity index (χ3v) is 4.37. The smallest absolute Gasteiger partial charge is 0.0702 e. The Morgan fingerprint density at radius 3 is 2.60 bits per heavy atom. The van der Waals surface area contributed by atoms with Crippen molar-refractivity contribution in [1.82, 2.24) is 10.2 Å². The maximum Gasteiger partial charge on any atom is 0.0702 e. The van der Waals surface area contributed by atoms with Crippen molar-refractivity contribution in [1.29, 1.82) is 0 Å². The maximum atomic E-state index is 5.80. The van der Waals surface area contributed by atoms with Gasteiger partial charge >= 0.3 is 0 Å². The number of rotatable bonds is 11. The van der Waals surface area contributed by atoms with E-state index in [0.29, 0.717) is 11.5 Å². The van der Waals surface area contributed by atoms with Crippen LogP contribution in [0.1, 0.15) is 59.8 Å². The van der Waals surface area contributed by atoms with E-state index in [4.69, 9.17) is 4.74 Å². The van der Waals surface area contributed by atoms with Crippen LogP contribution >= 0.6 is 0 Å². The zero-order chi connectivity index (χ0) is 14.8. The van der Waals surface area contributed by atoms with E-state index in [0.717, 1.165) is 32.8 Å². The van der Waals surface area contributed by atoms with E-state index in [9.17, 15) is 0 Å². The number of nitrogens with one attached hydrogen (secondary N) is 1. The lowest BCUT2D eigenvalue weighted by atomic mass is 9.84. The topological polar surface area (TPSA) is 24.5 Å². The van der Waals surface area contributed by atoms with Crippen LogP contribution in [0.2, 0.25) is 0 Å². The van der Waals surface area contributed by atoms with Crippen LogP contribution in [0.25, 0.3) is 0 Å². The summed E-state index contributed by atoms with van der Waals surface area (Å²) in [4.78, 5) is 2.60. The number of ether oxygens (including phenoxy) is 1. The lowest BCUT2D eigenvalue weighted by Gasteiger charge is -2.36. The molecule has 0 bridgehead atoms. The molecule has 0 amide bonds. The predicted molar refractivity (Wildman–Crippen MR) is 87.3 cm³/mol. The Hall–Kier alpha value is -0.120. The van der Waals surface area contributed by atoms with E-state index in [1.807, 2.05) is 0 Å². The van der Waals surface area contributed by atoms with Gasteiger partial charge in [0.15, 0.2) is 0 Å². The Morgan fingerprint density at radius 2 is 2.05 bits per heavy atom. The van der Waals surface area contributed by atoms with E-state index in [-0.39, 0.29) is 0 Å². The summed E-state index contributed by atoms with van der Waals surface area (Å²) < 4.78 is 5.80. The fourth-order valence-corrected chi connectivity index (χ4v) is 3.32. The van der Waals surface area contributed by atoms with Crippen molar-refractivity contribution in [3.05, 3.63) is 0 Å². The van der Waals surface area contributed by atoms with E-state index in [2.05, 4.69) is 37.9 Å². The highest BCUT2D eigenvalue weighted by Gasteiger charge is 2.27. The summed E-state index contributed by atoms with van der Waals surface area (Å²) in [6.07, 6.45) is 6.74. The van der Waals surface area contributed by atoms with Crippen LogP contribution in [0, 0.1) is 5.41 Å². The quantitative estimate of drug-likeness (QED) is 0.589. The van der Waals surface area contributed by atoms with Gasteiger partial charge in [-0.1, -0.05) is 34.1 Å². The molecule has 1 aliphatic rings. The number of hydrogen-bond acceptors (Lipinski definition) is 3. The van der Waals surface area contributed by atoms with Crippen molar-refractivity contribution in [2.75, 3.05) is 39.3 Å².